The van der Waals surface area contributed by atoms with Gasteiger partial charge in [0.1, 0.15) is 22.9 Å². The van der Waals surface area contributed by atoms with Crippen molar-refractivity contribution in [3.05, 3.63) is 99.8 Å². The predicted molar refractivity (Wildman–Crippen MR) is 332 cm³/mol. The van der Waals surface area contributed by atoms with E-state index in [4.69, 9.17) is 35.3 Å². The number of hydrogen-bond acceptors (Lipinski definition) is 18. The van der Waals surface area contributed by atoms with E-state index in [1.165, 1.54) is 11.1 Å². The van der Waals surface area contributed by atoms with Crippen LogP contribution in [0.3, 0.4) is 0 Å². The number of nitrogens with zero attached hydrogens (tertiary/aromatic N) is 5. The second-order valence-electron chi connectivity index (χ2n) is 23.2. The number of halogens is 1. The van der Waals surface area contributed by atoms with Crippen molar-refractivity contribution in [2.75, 3.05) is 83.1 Å². The molecule has 3 atom stereocenters. The van der Waals surface area contributed by atoms with Crippen molar-refractivity contribution in [1.29, 1.82) is 0 Å². The first kappa shape index (κ1) is 67.2. The maximum absolute atomic E-state index is 14.0. The van der Waals surface area contributed by atoms with Gasteiger partial charge in [0.15, 0.2) is 15.7 Å². The molecule has 5 N–H and O–H groups in total. The number of anilines is 4. The van der Waals surface area contributed by atoms with Crippen LogP contribution in [-0.4, -0.2) is 164 Å². The van der Waals surface area contributed by atoms with Gasteiger partial charge in [0.05, 0.1) is 115 Å². The number of amides is 4. The molecule has 2 aromatic heterocycles. The number of aliphatic hydroxyl groups is 1. The molecular formula is C62H84ClN9O12S2. The van der Waals surface area contributed by atoms with Gasteiger partial charge in [-0.15, -0.1) is 11.3 Å². The van der Waals surface area contributed by atoms with Gasteiger partial charge >= 0.3 is 0 Å². The van der Waals surface area contributed by atoms with Gasteiger partial charge in [-0.05, 0) is 112 Å². The summed E-state index contributed by atoms with van der Waals surface area (Å²) in [6, 6.07) is 16.7. The van der Waals surface area contributed by atoms with Crippen LogP contribution in [0.5, 0.6) is 5.75 Å². The summed E-state index contributed by atoms with van der Waals surface area (Å²) < 4.78 is 55.2. The van der Waals surface area contributed by atoms with Crippen LogP contribution < -0.4 is 26.0 Å². The van der Waals surface area contributed by atoms with Crippen molar-refractivity contribution in [2.24, 2.45) is 5.41 Å². The van der Waals surface area contributed by atoms with Crippen molar-refractivity contribution in [3.63, 3.8) is 0 Å². The molecular weight excluding hydrogens is 1160 g/mol. The van der Waals surface area contributed by atoms with E-state index < -0.39 is 44.6 Å². The number of sulfone groups is 1. The summed E-state index contributed by atoms with van der Waals surface area (Å²) in [7, 11) is -3.60. The highest BCUT2D eigenvalue weighted by molar-refractivity contribution is 7.92. The number of carbonyl (C=O) groups is 4. The Labute approximate surface area is 514 Å². The molecule has 24 heteroatoms. The van der Waals surface area contributed by atoms with Crippen molar-refractivity contribution in [3.8, 4) is 16.2 Å². The lowest BCUT2D eigenvalue weighted by Crippen LogP contribution is -2.57. The van der Waals surface area contributed by atoms with E-state index in [0.717, 1.165) is 45.7 Å². The van der Waals surface area contributed by atoms with E-state index in [0.29, 0.717) is 56.6 Å². The molecule has 2 fully saturated rings. The lowest BCUT2D eigenvalue weighted by molar-refractivity contribution is -0.144. The molecule has 0 saturated carbocycles. The molecule has 1 unspecified atom stereocenters. The number of likely N-dealkylation sites (tertiary alicyclic amines) is 2. The van der Waals surface area contributed by atoms with Gasteiger partial charge < -0.3 is 59.9 Å². The van der Waals surface area contributed by atoms with Gasteiger partial charge in [-0.25, -0.2) is 18.4 Å². The molecule has 2 saturated heterocycles. The first-order chi connectivity index (χ1) is 41.0. The number of rotatable bonds is 30. The number of nitrogens with one attached hydrogen (secondary N) is 4. The number of aliphatic hydroxyl groups excluding tert-OH is 1. The lowest BCUT2D eigenvalue weighted by Gasteiger charge is -2.35. The summed E-state index contributed by atoms with van der Waals surface area (Å²) in [5, 5.41) is 22.3. The molecule has 468 valence electrons. The molecule has 0 aliphatic carbocycles. The van der Waals surface area contributed by atoms with E-state index >= 15 is 0 Å². The fourth-order valence-corrected chi connectivity index (χ4v) is 12.3. The lowest BCUT2D eigenvalue weighted by atomic mass is 9.85. The molecule has 21 nitrogen and oxygen atoms in total. The number of thiazole rings is 1. The number of benzene rings is 3. The first-order valence-electron chi connectivity index (χ1n) is 29.3. The number of ether oxygens (including phenoxy) is 5. The molecule has 7 rings (SSSR count). The summed E-state index contributed by atoms with van der Waals surface area (Å²) in [4.78, 5) is 71.6. The Hall–Kier alpha value is -6.31. The van der Waals surface area contributed by atoms with Gasteiger partial charge in [0.25, 0.3) is 0 Å². The number of aromatic nitrogens is 3. The van der Waals surface area contributed by atoms with Crippen LogP contribution in [-0.2, 0) is 54.5 Å². The number of carbonyl (C=O) groups excluding carboxylic acids is 4. The molecule has 0 bridgehead atoms. The number of hydrogen-bond donors (Lipinski definition) is 5. The molecule has 5 aromatic rings. The molecule has 86 heavy (non-hydrogen) atoms. The minimum absolute atomic E-state index is 0.00757. The zero-order valence-electron chi connectivity index (χ0n) is 50.8. The Balaban J connectivity index is 0.742. The monoisotopic (exact) mass is 1250 g/mol. The molecule has 2 aliphatic heterocycles. The number of β-amino-alcohol motifs (C(OH)–C–C–N with tert-alkyl or cyclic N) is 1. The zero-order chi connectivity index (χ0) is 62.1. The molecule has 0 spiro atoms. The minimum Gasteiger partial charge on any atom is -0.489 e. The third kappa shape index (κ3) is 18.9. The average Bonchev–Trinajstić information content (AvgIpc) is 1.81. The summed E-state index contributed by atoms with van der Waals surface area (Å²) >= 11 is 8.09. The number of para-hydroxylation sites is 1. The third-order valence-electron chi connectivity index (χ3n) is 14.8. The normalized spacial score (nSPS) is 16.2. The quantitative estimate of drug-likeness (QED) is 0.0269. The average molecular weight is 1250 g/mol. The fraction of sp³-hybridized carbons (Fsp3) is 0.532. The van der Waals surface area contributed by atoms with E-state index in [2.05, 4.69) is 42.3 Å². The highest BCUT2D eigenvalue weighted by Gasteiger charge is 2.44. The largest absolute Gasteiger partial charge is 0.489 e. The van der Waals surface area contributed by atoms with Crippen LogP contribution in [0.2, 0.25) is 5.02 Å². The predicted octanol–water partition coefficient (Wildman–Crippen LogP) is 8.69. The van der Waals surface area contributed by atoms with E-state index in [1.54, 1.807) is 49.4 Å². The van der Waals surface area contributed by atoms with Crippen molar-refractivity contribution in [1.82, 2.24) is 35.4 Å². The summed E-state index contributed by atoms with van der Waals surface area (Å²) in [6.45, 7) is 20.4. The maximum atomic E-state index is 14.0. The second-order valence-corrected chi connectivity index (χ2v) is 26.9. The van der Waals surface area contributed by atoms with Gasteiger partial charge in [-0.3, -0.25) is 19.2 Å². The SMILES string of the molecule is Cc1cc(Nc2ncc(Cl)c(Nc3ccccc3S(=O)(=O)C(C)C)n2)c(OC(C)C)cc1C1CCN(C(=O)CCOCCOCCOCCOCCC(=O)NC(C(=O)N2C[C@H](O)C[C@H]2C(=O)NCc2ccc(-c3scnc3C)cc2)C(C)(C)C)CC1. The number of piperidine rings is 1. The minimum atomic E-state index is -3.60. The van der Waals surface area contributed by atoms with Gasteiger partial charge in [0, 0.05) is 39.0 Å². The van der Waals surface area contributed by atoms with Crippen LogP contribution in [0.25, 0.3) is 10.4 Å². The Kier molecular flexibility index (Phi) is 24.7. The van der Waals surface area contributed by atoms with E-state index in [9.17, 15) is 32.7 Å². The second kappa shape index (κ2) is 31.6. The summed E-state index contributed by atoms with van der Waals surface area (Å²) in [5.74, 6) is 0.155. The molecule has 4 amide bonds. The van der Waals surface area contributed by atoms with Gasteiger partial charge in [-0.1, -0.05) is 68.8 Å². The van der Waals surface area contributed by atoms with Crippen LogP contribution >= 0.6 is 22.9 Å². The molecule has 2 aliphatic rings. The van der Waals surface area contributed by atoms with Crippen LogP contribution in [0, 0.1) is 19.3 Å². The van der Waals surface area contributed by atoms with E-state index in [1.807, 2.05) is 89.2 Å². The Bertz CT molecular complexity index is 3190. The zero-order valence-corrected chi connectivity index (χ0v) is 53.2. The Morgan fingerprint density at radius 3 is 2.08 bits per heavy atom. The molecule has 0 radical (unpaired) electrons. The number of aryl methyl sites for hydroxylation is 2. The third-order valence-corrected chi connectivity index (χ3v) is 18.3. The van der Waals surface area contributed by atoms with Crippen LogP contribution in [0.4, 0.5) is 23.1 Å². The van der Waals surface area contributed by atoms with Gasteiger partial charge in [-0.2, -0.15) is 4.98 Å². The molecule has 3 aromatic carbocycles. The summed E-state index contributed by atoms with van der Waals surface area (Å²) in [5.41, 5.74) is 7.19. The van der Waals surface area contributed by atoms with Gasteiger partial charge in [0.2, 0.25) is 29.6 Å². The topological polar surface area (TPSA) is 262 Å². The van der Waals surface area contributed by atoms with Crippen molar-refractivity contribution >= 4 is 79.5 Å². The highest BCUT2D eigenvalue weighted by atomic mass is 35.5. The Morgan fingerprint density at radius 1 is 0.826 bits per heavy atom. The summed E-state index contributed by atoms with van der Waals surface area (Å²) in [6.07, 6.45) is 2.38. The smallest absolute Gasteiger partial charge is 0.246 e. The van der Waals surface area contributed by atoms with Crippen molar-refractivity contribution < 1.29 is 56.4 Å². The highest BCUT2D eigenvalue weighted by Crippen LogP contribution is 2.39. The van der Waals surface area contributed by atoms with E-state index in [-0.39, 0.29) is 110 Å². The standard InChI is InChI=1S/C62H84ClN9O12S2/c1-39(2)84-52-34-47(41(5)32-50(52)68-61-65-36-48(63)58(70-61)67-49-12-10-11-13-53(49)86(78,79)40(3)4)44-18-22-71(23-19-44)55(75)21-25-81-27-29-83-31-30-82-28-26-80-24-20-54(74)69-57(62(7,8)9)60(77)72-37-46(73)33-51(72)59(76)64-35-43-14-16-45(17-15-43)56-42(6)66-38-85-56/h10-17,32,34,36,38-40,44,46,51,57,73H,18-31,33,35,37H2,1-9H3,(H,64,76)(H,69,74)(H2,65,67,68,70)/t46-,51+,57?/m1/s1. The van der Waals surface area contributed by atoms with Crippen LogP contribution in [0.15, 0.2) is 77.3 Å². The van der Waals surface area contributed by atoms with Crippen LogP contribution in [0.1, 0.15) is 109 Å². The first-order valence-corrected chi connectivity index (χ1v) is 32.1. The maximum Gasteiger partial charge on any atom is 0.246 e. The van der Waals surface area contributed by atoms with Crippen molar-refractivity contribution in [2.45, 2.75) is 141 Å². The Morgan fingerprint density at radius 2 is 1.47 bits per heavy atom. The molecule has 4 heterocycles. The fourth-order valence-electron chi connectivity index (χ4n) is 10.1.